The minimum absolute atomic E-state index is 0.000241. The zero-order chi connectivity index (χ0) is 39.5. The van der Waals surface area contributed by atoms with Gasteiger partial charge in [-0.1, -0.05) is 80.9 Å². The molecule has 0 aliphatic carbocycles. The molecule has 300 valence electrons. The van der Waals surface area contributed by atoms with Crippen molar-refractivity contribution in [3.8, 4) is 0 Å². The second-order valence-corrected chi connectivity index (χ2v) is 13.9. The third kappa shape index (κ3) is 12.5. The topological polar surface area (TPSA) is 157 Å². The summed E-state index contributed by atoms with van der Waals surface area (Å²) in [5.74, 6) is 1.21. The van der Waals surface area contributed by atoms with E-state index in [1.807, 2.05) is 71.6 Å². The van der Waals surface area contributed by atoms with Crippen molar-refractivity contribution in [1.82, 2.24) is 29.7 Å². The van der Waals surface area contributed by atoms with Gasteiger partial charge in [-0.25, -0.2) is 9.97 Å². The van der Waals surface area contributed by atoms with Crippen molar-refractivity contribution in [1.29, 1.82) is 0 Å². The van der Waals surface area contributed by atoms with Gasteiger partial charge in [0.05, 0.1) is 43.9 Å². The maximum absolute atomic E-state index is 12.9. The second kappa shape index (κ2) is 22.4. The van der Waals surface area contributed by atoms with Crippen LogP contribution in [0.3, 0.4) is 0 Å². The number of pyridine rings is 1. The number of anilines is 2. The van der Waals surface area contributed by atoms with Gasteiger partial charge in [0.15, 0.2) is 5.82 Å². The van der Waals surface area contributed by atoms with E-state index in [0.717, 1.165) is 90.9 Å². The molecule has 0 unspecified atom stereocenters. The maximum atomic E-state index is 12.9. The van der Waals surface area contributed by atoms with Crippen LogP contribution in [0.2, 0.25) is 0 Å². The first-order valence-corrected chi connectivity index (χ1v) is 20.0. The number of rotatable bonds is 20. The number of unbranched alkanes of at least 4 members (excludes halogenated alkanes) is 1. The molecule has 2 aromatic carbocycles. The highest BCUT2D eigenvalue weighted by Gasteiger charge is 2.23. The van der Waals surface area contributed by atoms with Crippen molar-refractivity contribution in [2.24, 2.45) is 0 Å². The summed E-state index contributed by atoms with van der Waals surface area (Å²) in [4.78, 5) is 51.7. The number of amides is 3. The van der Waals surface area contributed by atoms with E-state index in [1.54, 1.807) is 0 Å². The number of carbonyl (C=O) groups is 3. The Kier molecular flexibility index (Phi) is 16.9. The Labute approximate surface area is 330 Å². The van der Waals surface area contributed by atoms with E-state index in [9.17, 15) is 14.4 Å². The van der Waals surface area contributed by atoms with Gasteiger partial charge in [0.1, 0.15) is 11.3 Å². The molecule has 1 aliphatic heterocycles. The average molecular weight is 767 g/mol. The van der Waals surface area contributed by atoms with Crippen molar-refractivity contribution >= 4 is 51.2 Å². The number of fused-ring (bicyclic) bond motifs is 3. The number of nitrogens with two attached hydrogens (primary N) is 1. The fraction of sp³-hybridized carbons (Fsp3) is 0.465. The predicted molar refractivity (Wildman–Crippen MR) is 222 cm³/mol. The Hall–Kier alpha value is -5.11. The first-order valence-electron chi connectivity index (χ1n) is 20.0. The Bertz CT molecular complexity index is 1960. The number of nitrogens with one attached hydrogen (secondary N) is 2. The molecule has 4 aromatic rings. The molecule has 4 N–H and O–H groups in total. The normalized spacial score (nSPS) is 13.1. The van der Waals surface area contributed by atoms with Gasteiger partial charge >= 0.3 is 0 Å². The molecule has 2 aromatic heterocycles. The van der Waals surface area contributed by atoms with Gasteiger partial charge in [0.25, 0.3) is 0 Å². The summed E-state index contributed by atoms with van der Waals surface area (Å²) in [6.07, 6.45) is 4.35. The van der Waals surface area contributed by atoms with Crippen molar-refractivity contribution < 1.29 is 23.9 Å². The lowest BCUT2D eigenvalue weighted by Gasteiger charge is -2.35. The molecule has 56 heavy (non-hydrogen) atoms. The number of piperazine rings is 1. The van der Waals surface area contributed by atoms with Crippen LogP contribution in [0.4, 0.5) is 11.5 Å². The molecule has 5 rings (SSSR count). The quantitative estimate of drug-likeness (QED) is 0.102. The summed E-state index contributed by atoms with van der Waals surface area (Å²) >= 11 is 0. The van der Waals surface area contributed by atoms with Gasteiger partial charge in [0.2, 0.25) is 17.7 Å². The number of nitrogen functional groups attached to an aromatic ring is 1. The minimum Gasteiger partial charge on any atom is -0.382 e. The first kappa shape index (κ1) is 42.0. The van der Waals surface area contributed by atoms with E-state index < -0.39 is 0 Å². The van der Waals surface area contributed by atoms with E-state index in [4.69, 9.17) is 20.2 Å². The fourth-order valence-corrected chi connectivity index (χ4v) is 6.77. The van der Waals surface area contributed by atoms with Crippen LogP contribution in [-0.2, 0) is 43.2 Å². The number of imidazole rings is 1. The molecule has 3 heterocycles. The van der Waals surface area contributed by atoms with Gasteiger partial charge in [-0.2, -0.15) is 0 Å². The fourth-order valence-electron chi connectivity index (χ4n) is 6.77. The van der Waals surface area contributed by atoms with Crippen LogP contribution in [0.15, 0.2) is 72.8 Å². The van der Waals surface area contributed by atoms with Crippen LogP contribution in [-0.4, -0.2) is 108 Å². The third-order valence-corrected chi connectivity index (χ3v) is 9.90. The molecule has 1 fully saturated rings. The Morgan fingerprint density at radius 3 is 2.25 bits per heavy atom. The molecule has 1 aliphatic rings. The van der Waals surface area contributed by atoms with Crippen LogP contribution in [0, 0.1) is 0 Å². The second-order valence-electron chi connectivity index (χ2n) is 13.9. The van der Waals surface area contributed by atoms with E-state index in [2.05, 4.69) is 45.0 Å². The average Bonchev–Trinajstić information content (AvgIpc) is 3.59. The smallest absolute Gasteiger partial charge is 0.226 e. The number of hydrogen-bond donors (Lipinski definition) is 3. The third-order valence-electron chi connectivity index (χ3n) is 9.90. The molecule has 0 spiro atoms. The number of nitrogens with zero attached hydrogens (tertiary/aromatic N) is 5. The van der Waals surface area contributed by atoms with Crippen molar-refractivity contribution in [3.05, 3.63) is 84.2 Å². The van der Waals surface area contributed by atoms with E-state index in [0.29, 0.717) is 45.3 Å². The first-order chi connectivity index (χ1) is 27.4. The van der Waals surface area contributed by atoms with Crippen LogP contribution >= 0.6 is 0 Å². The zero-order valence-corrected chi connectivity index (χ0v) is 33.0. The van der Waals surface area contributed by atoms with Crippen LogP contribution < -0.4 is 16.4 Å². The van der Waals surface area contributed by atoms with Crippen molar-refractivity contribution in [2.45, 2.75) is 65.3 Å². The summed E-state index contributed by atoms with van der Waals surface area (Å²) in [5, 5.41) is 6.87. The minimum atomic E-state index is -0.174. The lowest BCUT2D eigenvalue weighted by molar-refractivity contribution is -0.135. The predicted octanol–water partition coefficient (Wildman–Crippen LogP) is 5.30. The van der Waals surface area contributed by atoms with Gasteiger partial charge < -0.3 is 35.3 Å². The summed E-state index contributed by atoms with van der Waals surface area (Å²) in [5.41, 5.74) is 10.9. The molecule has 0 radical (unpaired) electrons. The summed E-state index contributed by atoms with van der Waals surface area (Å²) in [6.45, 7) is 10.3. The number of ether oxygens (including phenoxy) is 2. The monoisotopic (exact) mass is 766 g/mol. The van der Waals surface area contributed by atoms with Crippen molar-refractivity contribution in [2.75, 3.05) is 76.7 Å². The molecule has 0 atom stereocenters. The van der Waals surface area contributed by atoms with Crippen LogP contribution in [0.1, 0.15) is 57.3 Å². The molecule has 3 amide bonds. The highest BCUT2D eigenvalue weighted by atomic mass is 16.5. The van der Waals surface area contributed by atoms with Crippen LogP contribution in [0.25, 0.3) is 21.9 Å². The number of para-hydroxylation sites is 1. The van der Waals surface area contributed by atoms with E-state index in [-0.39, 0.29) is 43.6 Å². The zero-order valence-electron chi connectivity index (χ0n) is 33.0. The lowest BCUT2D eigenvalue weighted by atomic mass is 10.1. The van der Waals surface area contributed by atoms with Gasteiger partial charge in [0, 0.05) is 76.1 Å². The highest BCUT2D eigenvalue weighted by molar-refractivity contribution is 6.06. The van der Waals surface area contributed by atoms with Crippen molar-refractivity contribution in [3.63, 3.8) is 0 Å². The van der Waals surface area contributed by atoms with Gasteiger partial charge in [-0.3, -0.25) is 19.3 Å². The maximum Gasteiger partial charge on any atom is 0.226 e. The summed E-state index contributed by atoms with van der Waals surface area (Å²) in [7, 11) is 0. The SMILES string of the molecule is CCCCc1nc2c(N)nc3ccccc3c2n1CCN1CCN(C(=O)CCC(=O)NCCOCCOCCC(=O)Nc2ccccccccc2CC)CC1. The van der Waals surface area contributed by atoms with E-state index in [1.165, 1.54) is 0 Å². The molecule has 0 bridgehead atoms. The Morgan fingerprint density at radius 1 is 0.768 bits per heavy atom. The Balaban J connectivity index is 0.933. The molecule has 1 saturated heterocycles. The largest absolute Gasteiger partial charge is 0.382 e. The molecular formula is C43H58N8O5. The highest BCUT2D eigenvalue weighted by Crippen LogP contribution is 2.29. The molecule has 13 heteroatoms. The van der Waals surface area contributed by atoms with E-state index >= 15 is 0 Å². The molecule has 0 saturated carbocycles. The number of benzene rings is 1. The van der Waals surface area contributed by atoms with Gasteiger partial charge in [-0.05, 0) is 30.5 Å². The van der Waals surface area contributed by atoms with Gasteiger partial charge in [-0.15, -0.1) is 0 Å². The summed E-state index contributed by atoms with van der Waals surface area (Å²) in [6, 6.07) is 23.6. The number of carbonyl (C=O) groups excluding carboxylic acids is 3. The molecule has 13 nitrogen and oxygen atoms in total. The lowest BCUT2D eigenvalue weighted by Crippen LogP contribution is -2.49. The number of aromatic nitrogens is 3. The standard InChI is InChI=1S/C43H58N8O5/c1-3-5-18-37-48-41-42(34-15-12-13-17-36(34)47-43(41)44)51(37)28-25-49-23-26-50(27-24-49)40(54)20-19-38(52)45-22-30-56-32-31-55-29-21-39(53)46-35-16-11-9-7-6-8-10-14-33(35)4-2/h6-17H,3-5,18-32H2,1-2H3,(H2,44,47)(H,45,52)(H,46,53). The van der Waals surface area contributed by atoms with Crippen LogP contribution in [0.5, 0.6) is 0 Å². The molecular weight excluding hydrogens is 709 g/mol. The Morgan fingerprint density at radius 2 is 1.48 bits per heavy atom. The number of aryl methyl sites for hydroxylation is 2. The number of hydrogen-bond acceptors (Lipinski definition) is 9. The summed E-state index contributed by atoms with van der Waals surface area (Å²) < 4.78 is 13.4.